The van der Waals surface area contributed by atoms with Gasteiger partial charge in [-0.15, -0.1) is 0 Å². The molecule has 4 nitrogen and oxygen atoms in total. The predicted octanol–water partition coefficient (Wildman–Crippen LogP) is 2.86. The maximum Gasteiger partial charge on any atom is 0.211 e. The molecule has 0 bridgehead atoms. The SMILES string of the molecule is CC(C)N[C@H](CN(Cc1ccccc1)S(C)(=O)=O)C(C)(C)C. The quantitative estimate of drug-likeness (QED) is 0.838. The highest BCUT2D eigenvalue weighted by atomic mass is 32.2. The van der Waals surface area contributed by atoms with Crippen LogP contribution >= 0.6 is 0 Å². The fourth-order valence-corrected chi connectivity index (χ4v) is 3.09. The van der Waals surface area contributed by atoms with Gasteiger partial charge in [0, 0.05) is 25.2 Å². The van der Waals surface area contributed by atoms with Gasteiger partial charge in [0.25, 0.3) is 0 Å². The van der Waals surface area contributed by atoms with Gasteiger partial charge in [0.1, 0.15) is 0 Å². The molecule has 1 N–H and O–H groups in total. The monoisotopic (exact) mass is 326 g/mol. The molecule has 0 unspecified atom stereocenters. The molecule has 5 heteroatoms. The van der Waals surface area contributed by atoms with Gasteiger partial charge in [-0.2, -0.15) is 4.31 Å². The molecule has 0 fully saturated rings. The van der Waals surface area contributed by atoms with Crippen molar-refractivity contribution in [1.82, 2.24) is 9.62 Å². The lowest BCUT2D eigenvalue weighted by atomic mass is 9.86. The second-order valence-electron chi connectivity index (χ2n) is 7.28. The fraction of sp³-hybridized carbons (Fsp3) is 0.647. The van der Waals surface area contributed by atoms with Crippen molar-refractivity contribution >= 4 is 10.0 Å². The van der Waals surface area contributed by atoms with Crippen LogP contribution in [0.2, 0.25) is 0 Å². The lowest BCUT2D eigenvalue weighted by molar-refractivity contribution is 0.211. The first-order chi connectivity index (χ1) is 10.00. The maximum absolute atomic E-state index is 12.2. The minimum absolute atomic E-state index is 0.0239. The number of benzene rings is 1. The van der Waals surface area contributed by atoms with E-state index in [0.29, 0.717) is 19.1 Å². The largest absolute Gasteiger partial charge is 0.310 e. The molecule has 0 aromatic heterocycles. The molecule has 0 amide bonds. The average molecular weight is 327 g/mol. The van der Waals surface area contributed by atoms with E-state index in [1.54, 1.807) is 4.31 Å². The summed E-state index contributed by atoms with van der Waals surface area (Å²) in [5.74, 6) is 0. The van der Waals surface area contributed by atoms with E-state index in [0.717, 1.165) is 5.56 Å². The molecule has 0 saturated heterocycles. The molecule has 126 valence electrons. The molecule has 22 heavy (non-hydrogen) atoms. The van der Waals surface area contributed by atoms with Gasteiger partial charge in [0.05, 0.1) is 6.26 Å². The van der Waals surface area contributed by atoms with Crippen LogP contribution in [0.1, 0.15) is 40.2 Å². The Balaban J connectivity index is 2.97. The van der Waals surface area contributed by atoms with E-state index in [4.69, 9.17) is 0 Å². The molecule has 1 aromatic carbocycles. The number of nitrogens with one attached hydrogen (secondary N) is 1. The molecular formula is C17H30N2O2S. The van der Waals surface area contributed by atoms with Gasteiger partial charge in [0.2, 0.25) is 10.0 Å². The minimum atomic E-state index is -3.26. The summed E-state index contributed by atoms with van der Waals surface area (Å²) >= 11 is 0. The first-order valence-corrected chi connectivity index (χ1v) is 9.60. The average Bonchev–Trinajstić information content (AvgIpc) is 2.35. The summed E-state index contributed by atoms with van der Waals surface area (Å²) < 4.78 is 25.9. The van der Waals surface area contributed by atoms with Crippen LogP contribution in [0.4, 0.5) is 0 Å². The van der Waals surface area contributed by atoms with Gasteiger partial charge >= 0.3 is 0 Å². The molecule has 0 radical (unpaired) electrons. The van der Waals surface area contributed by atoms with Gasteiger partial charge in [-0.3, -0.25) is 0 Å². The molecule has 0 aliphatic heterocycles. The minimum Gasteiger partial charge on any atom is -0.310 e. The van der Waals surface area contributed by atoms with Crippen molar-refractivity contribution in [3.63, 3.8) is 0 Å². The highest BCUT2D eigenvalue weighted by Crippen LogP contribution is 2.22. The van der Waals surface area contributed by atoms with Crippen molar-refractivity contribution in [3.05, 3.63) is 35.9 Å². The molecule has 0 aliphatic carbocycles. The smallest absolute Gasteiger partial charge is 0.211 e. The number of nitrogens with zero attached hydrogens (tertiary/aromatic N) is 1. The summed E-state index contributed by atoms with van der Waals surface area (Å²) in [6.45, 7) is 11.4. The van der Waals surface area contributed by atoms with Gasteiger partial charge < -0.3 is 5.32 Å². The Morgan fingerprint density at radius 3 is 2.09 bits per heavy atom. The van der Waals surface area contributed by atoms with E-state index < -0.39 is 10.0 Å². The van der Waals surface area contributed by atoms with Crippen molar-refractivity contribution in [2.45, 2.75) is 53.2 Å². The van der Waals surface area contributed by atoms with Crippen LogP contribution in [0.5, 0.6) is 0 Å². The first-order valence-electron chi connectivity index (χ1n) is 7.75. The zero-order chi connectivity index (χ0) is 17.0. The van der Waals surface area contributed by atoms with Crippen LogP contribution in [0, 0.1) is 5.41 Å². The summed E-state index contributed by atoms with van der Waals surface area (Å²) in [7, 11) is -3.26. The van der Waals surface area contributed by atoms with Crippen LogP contribution in [-0.4, -0.2) is 37.6 Å². The van der Waals surface area contributed by atoms with Crippen LogP contribution in [0.3, 0.4) is 0 Å². The number of sulfonamides is 1. The van der Waals surface area contributed by atoms with E-state index in [9.17, 15) is 8.42 Å². The summed E-state index contributed by atoms with van der Waals surface area (Å²) in [5.41, 5.74) is 0.981. The summed E-state index contributed by atoms with van der Waals surface area (Å²) in [4.78, 5) is 0. The van der Waals surface area contributed by atoms with Crippen LogP contribution in [-0.2, 0) is 16.6 Å². The summed E-state index contributed by atoms with van der Waals surface area (Å²) in [6, 6.07) is 10.1. The van der Waals surface area contributed by atoms with E-state index in [2.05, 4.69) is 39.9 Å². The highest BCUT2D eigenvalue weighted by molar-refractivity contribution is 7.88. The molecule has 0 aliphatic rings. The number of rotatable bonds is 7. The molecule has 1 atom stereocenters. The summed E-state index contributed by atoms with van der Waals surface area (Å²) in [6.07, 6.45) is 1.28. The Morgan fingerprint density at radius 1 is 1.14 bits per heavy atom. The Hall–Kier alpha value is -0.910. The van der Waals surface area contributed by atoms with Gasteiger partial charge in [0.15, 0.2) is 0 Å². The first kappa shape index (κ1) is 19.1. The summed E-state index contributed by atoms with van der Waals surface area (Å²) in [5, 5.41) is 3.50. The zero-order valence-electron chi connectivity index (χ0n) is 14.6. The molecule has 0 saturated carbocycles. The Labute approximate surface area is 136 Å². The van der Waals surface area contributed by atoms with E-state index in [1.165, 1.54) is 6.26 Å². The third kappa shape index (κ3) is 6.46. The van der Waals surface area contributed by atoms with Crippen LogP contribution in [0.15, 0.2) is 30.3 Å². The Morgan fingerprint density at radius 2 is 1.68 bits per heavy atom. The van der Waals surface area contributed by atoms with E-state index in [1.807, 2.05) is 30.3 Å². The van der Waals surface area contributed by atoms with E-state index in [-0.39, 0.29) is 11.5 Å². The highest BCUT2D eigenvalue weighted by Gasteiger charge is 2.30. The Kier molecular flexibility index (Phi) is 6.59. The van der Waals surface area contributed by atoms with Gasteiger partial charge in [-0.1, -0.05) is 65.0 Å². The van der Waals surface area contributed by atoms with Crippen molar-refractivity contribution < 1.29 is 8.42 Å². The van der Waals surface area contributed by atoms with Gasteiger partial charge in [-0.05, 0) is 11.0 Å². The van der Waals surface area contributed by atoms with Crippen LogP contribution < -0.4 is 5.32 Å². The van der Waals surface area contributed by atoms with Crippen molar-refractivity contribution in [1.29, 1.82) is 0 Å². The predicted molar refractivity (Wildman–Crippen MR) is 93.2 cm³/mol. The second kappa shape index (κ2) is 7.57. The standard InChI is InChI=1S/C17H30N2O2S/c1-14(2)18-16(17(3,4)5)13-19(22(6,20)21)12-15-10-8-7-9-11-15/h7-11,14,16,18H,12-13H2,1-6H3/t16-/m1/s1. The molecular weight excluding hydrogens is 296 g/mol. The number of hydrogen-bond donors (Lipinski definition) is 1. The van der Waals surface area contributed by atoms with E-state index >= 15 is 0 Å². The molecule has 0 spiro atoms. The number of hydrogen-bond acceptors (Lipinski definition) is 3. The van der Waals surface area contributed by atoms with Gasteiger partial charge in [-0.25, -0.2) is 8.42 Å². The lowest BCUT2D eigenvalue weighted by Gasteiger charge is -2.36. The Bertz CT molecular complexity index is 548. The van der Waals surface area contributed by atoms with Crippen molar-refractivity contribution in [3.8, 4) is 0 Å². The maximum atomic E-state index is 12.2. The topological polar surface area (TPSA) is 49.4 Å². The van der Waals surface area contributed by atoms with Crippen molar-refractivity contribution in [2.75, 3.05) is 12.8 Å². The molecule has 1 aromatic rings. The third-order valence-corrected chi connectivity index (χ3v) is 4.85. The zero-order valence-corrected chi connectivity index (χ0v) is 15.4. The van der Waals surface area contributed by atoms with Crippen molar-refractivity contribution in [2.24, 2.45) is 5.41 Å². The second-order valence-corrected chi connectivity index (χ2v) is 9.26. The molecule has 1 rings (SSSR count). The fourth-order valence-electron chi connectivity index (χ4n) is 2.29. The molecule has 0 heterocycles. The normalized spacial score (nSPS) is 14.5. The van der Waals surface area contributed by atoms with Crippen LogP contribution in [0.25, 0.3) is 0 Å². The lowest BCUT2D eigenvalue weighted by Crippen LogP contribution is -2.51. The third-order valence-electron chi connectivity index (χ3n) is 3.64.